The normalized spacial score (nSPS) is 25.5. The van der Waals surface area contributed by atoms with Crippen LogP contribution in [0.3, 0.4) is 0 Å². The largest absolute Gasteiger partial charge is 0.481 e. The number of fused-ring (bicyclic) bond motifs is 1. The summed E-state index contributed by atoms with van der Waals surface area (Å²) in [4.78, 5) is 22.9. The van der Waals surface area contributed by atoms with Crippen LogP contribution in [-0.4, -0.2) is 22.9 Å². The molecular formula is C12H13Cl2NO3. The summed E-state index contributed by atoms with van der Waals surface area (Å²) < 4.78 is 0. The SMILES string of the molecule is CC1(CC(=O)O)c2ccc(Cl)cc2C(=O)C1N.Cl. The van der Waals surface area contributed by atoms with Gasteiger partial charge < -0.3 is 10.8 Å². The molecule has 98 valence electrons. The fourth-order valence-corrected chi connectivity index (χ4v) is 2.53. The zero-order valence-corrected chi connectivity index (χ0v) is 11.2. The number of aliphatic carboxylic acids is 1. The van der Waals surface area contributed by atoms with Crippen molar-refractivity contribution in [1.29, 1.82) is 0 Å². The van der Waals surface area contributed by atoms with Crippen LogP contribution in [0.1, 0.15) is 29.3 Å². The van der Waals surface area contributed by atoms with Gasteiger partial charge in [0.25, 0.3) is 0 Å². The highest BCUT2D eigenvalue weighted by Gasteiger charge is 2.48. The van der Waals surface area contributed by atoms with Gasteiger partial charge in [0, 0.05) is 16.0 Å². The lowest BCUT2D eigenvalue weighted by Crippen LogP contribution is -2.44. The second kappa shape index (κ2) is 4.88. The first-order chi connectivity index (χ1) is 7.86. The molecule has 0 heterocycles. The lowest BCUT2D eigenvalue weighted by molar-refractivity contribution is -0.138. The Morgan fingerprint density at radius 2 is 2.17 bits per heavy atom. The molecule has 0 aliphatic heterocycles. The Bertz CT molecular complexity index is 518. The Morgan fingerprint density at radius 1 is 1.56 bits per heavy atom. The molecule has 0 saturated heterocycles. The van der Waals surface area contributed by atoms with Gasteiger partial charge in [-0.1, -0.05) is 24.6 Å². The van der Waals surface area contributed by atoms with E-state index in [1.807, 2.05) is 0 Å². The molecule has 0 fully saturated rings. The molecule has 2 unspecified atom stereocenters. The van der Waals surface area contributed by atoms with Gasteiger partial charge in [-0.05, 0) is 17.7 Å². The smallest absolute Gasteiger partial charge is 0.304 e. The van der Waals surface area contributed by atoms with Crippen LogP contribution in [0.25, 0.3) is 0 Å². The number of benzene rings is 1. The second-order valence-corrected chi connectivity index (χ2v) is 4.96. The van der Waals surface area contributed by atoms with E-state index >= 15 is 0 Å². The molecule has 6 heteroatoms. The van der Waals surface area contributed by atoms with E-state index in [0.717, 1.165) is 0 Å². The number of hydrogen-bond acceptors (Lipinski definition) is 3. The number of halogens is 2. The molecule has 0 bridgehead atoms. The minimum absolute atomic E-state index is 0. The van der Waals surface area contributed by atoms with Crippen LogP contribution < -0.4 is 5.73 Å². The third-order valence-corrected chi connectivity index (χ3v) is 3.58. The number of carboxylic acids is 1. The van der Waals surface area contributed by atoms with E-state index in [4.69, 9.17) is 22.4 Å². The number of carboxylic acid groups (broad SMARTS) is 1. The monoisotopic (exact) mass is 289 g/mol. The van der Waals surface area contributed by atoms with Crippen molar-refractivity contribution in [3.8, 4) is 0 Å². The summed E-state index contributed by atoms with van der Waals surface area (Å²) in [6.45, 7) is 1.70. The summed E-state index contributed by atoms with van der Waals surface area (Å²) in [5.74, 6) is -1.22. The van der Waals surface area contributed by atoms with E-state index < -0.39 is 17.4 Å². The predicted octanol–water partition coefficient (Wildman–Crippen LogP) is 2.02. The van der Waals surface area contributed by atoms with Crippen molar-refractivity contribution in [3.05, 3.63) is 34.3 Å². The van der Waals surface area contributed by atoms with Crippen LogP contribution in [0.15, 0.2) is 18.2 Å². The highest BCUT2D eigenvalue weighted by Crippen LogP contribution is 2.41. The number of nitrogens with two attached hydrogens (primary N) is 1. The van der Waals surface area contributed by atoms with Crippen LogP contribution in [0, 0.1) is 0 Å². The molecule has 0 spiro atoms. The maximum atomic E-state index is 12.0. The second-order valence-electron chi connectivity index (χ2n) is 4.52. The van der Waals surface area contributed by atoms with Crippen molar-refractivity contribution < 1.29 is 14.7 Å². The number of rotatable bonds is 2. The molecule has 0 radical (unpaired) electrons. The summed E-state index contributed by atoms with van der Waals surface area (Å²) in [6, 6.07) is 4.05. The van der Waals surface area contributed by atoms with Crippen molar-refractivity contribution in [3.63, 3.8) is 0 Å². The van der Waals surface area contributed by atoms with E-state index in [9.17, 15) is 9.59 Å². The van der Waals surface area contributed by atoms with Crippen molar-refractivity contribution in [2.45, 2.75) is 24.8 Å². The van der Waals surface area contributed by atoms with Gasteiger partial charge in [-0.25, -0.2) is 0 Å². The van der Waals surface area contributed by atoms with Gasteiger partial charge in [0.1, 0.15) is 0 Å². The molecule has 1 aromatic carbocycles. The van der Waals surface area contributed by atoms with Crippen LogP contribution in [0.5, 0.6) is 0 Å². The van der Waals surface area contributed by atoms with E-state index in [1.54, 1.807) is 25.1 Å². The summed E-state index contributed by atoms with van der Waals surface area (Å²) in [6.07, 6.45) is -0.172. The predicted molar refractivity (Wildman–Crippen MR) is 70.6 cm³/mol. The number of hydrogen-bond donors (Lipinski definition) is 2. The summed E-state index contributed by atoms with van der Waals surface area (Å²) in [7, 11) is 0. The Labute approximate surface area is 116 Å². The first-order valence-electron chi connectivity index (χ1n) is 5.18. The highest BCUT2D eigenvalue weighted by molar-refractivity contribution is 6.31. The molecule has 1 aromatic rings. The van der Waals surface area contributed by atoms with E-state index in [0.29, 0.717) is 16.1 Å². The minimum atomic E-state index is -0.974. The van der Waals surface area contributed by atoms with Crippen LogP contribution in [0.4, 0.5) is 0 Å². The van der Waals surface area contributed by atoms with Crippen LogP contribution in [-0.2, 0) is 10.2 Å². The average Bonchev–Trinajstić information content (AvgIpc) is 2.40. The Morgan fingerprint density at radius 3 is 2.72 bits per heavy atom. The molecule has 1 aliphatic carbocycles. The maximum absolute atomic E-state index is 12.0. The van der Waals surface area contributed by atoms with E-state index in [1.165, 1.54) is 0 Å². The Kier molecular flexibility index (Phi) is 4.05. The van der Waals surface area contributed by atoms with Gasteiger partial charge in [0.15, 0.2) is 5.78 Å². The topological polar surface area (TPSA) is 80.4 Å². The molecule has 1 aliphatic rings. The number of Topliss-reactive ketones (excluding diaryl/α,β-unsaturated/α-hetero) is 1. The van der Waals surface area contributed by atoms with Crippen molar-refractivity contribution >= 4 is 35.8 Å². The van der Waals surface area contributed by atoms with Crippen LogP contribution in [0.2, 0.25) is 5.02 Å². The first-order valence-corrected chi connectivity index (χ1v) is 5.55. The highest BCUT2D eigenvalue weighted by atomic mass is 35.5. The van der Waals surface area contributed by atoms with Crippen LogP contribution >= 0.6 is 24.0 Å². The molecule has 0 aromatic heterocycles. The van der Waals surface area contributed by atoms with Gasteiger partial charge in [0.2, 0.25) is 0 Å². The summed E-state index contributed by atoms with van der Waals surface area (Å²) in [5.41, 5.74) is 6.10. The maximum Gasteiger partial charge on any atom is 0.304 e. The van der Waals surface area contributed by atoms with Crippen molar-refractivity contribution in [2.24, 2.45) is 5.73 Å². The fraction of sp³-hybridized carbons (Fsp3) is 0.333. The lowest BCUT2D eigenvalue weighted by Gasteiger charge is -2.27. The third kappa shape index (κ3) is 2.11. The molecule has 0 amide bonds. The summed E-state index contributed by atoms with van der Waals surface area (Å²) in [5, 5.41) is 9.38. The average molecular weight is 290 g/mol. The zero-order valence-electron chi connectivity index (χ0n) is 9.64. The number of carbonyl (C=O) groups is 2. The third-order valence-electron chi connectivity index (χ3n) is 3.35. The Hall–Kier alpha value is -1.10. The van der Waals surface area contributed by atoms with Gasteiger partial charge in [-0.15, -0.1) is 12.4 Å². The lowest BCUT2D eigenvalue weighted by atomic mass is 9.78. The summed E-state index contributed by atoms with van der Waals surface area (Å²) >= 11 is 5.83. The fourth-order valence-electron chi connectivity index (χ4n) is 2.36. The van der Waals surface area contributed by atoms with Crippen molar-refractivity contribution in [1.82, 2.24) is 0 Å². The van der Waals surface area contributed by atoms with Gasteiger partial charge >= 0.3 is 5.97 Å². The molecular weight excluding hydrogens is 277 g/mol. The number of carbonyl (C=O) groups excluding carboxylic acids is 1. The number of ketones is 1. The van der Waals surface area contributed by atoms with E-state index in [2.05, 4.69) is 0 Å². The minimum Gasteiger partial charge on any atom is -0.481 e. The molecule has 4 nitrogen and oxygen atoms in total. The first kappa shape index (κ1) is 15.0. The zero-order chi connectivity index (χ0) is 12.8. The molecule has 0 saturated carbocycles. The van der Waals surface area contributed by atoms with E-state index in [-0.39, 0.29) is 24.6 Å². The van der Waals surface area contributed by atoms with Crippen molar-refractivity contribution in [2.75, 3.05) is 0 Å². The van der Waals surface area contributed by atoms with Gasteiger partial charge in [0.05, 0.1) is 12.5 Å². The molecule has 3 N–H and O–H groups in total. The quantitative estimate of drug-likeness (QED) is 0.873. The van der Waals surface area contributed by atoms with Gasteiger partial charge in [-0.2, -0.15) is 0 Å². The molecule has 2 atom stereocenters. The molecule has 18 heavy (non-hydrogen) atoms. The van der Waals surface area contributed by atoms with Gasteiger partial charge in [-0.3, -0.25) is 9.59 Å². The molecule has 2 rings (SSSR count). The standard InChI is InChI=1S/C12H12ClNO3.ClH/c1-12(5-9(15)16)8-3-2-6(13)4-7(8)10(17)11(12)14;/h2-4,11H,5,14H2,1H3,(H,15,16);1H. The Balaban J connectivity index is 0.00000162.